The summed E-state index contributed by atoms with van der Waals surface area (Å²) in [6.07, 6.45) is 0.783. The molecule has 0 amide bonds. The van der Waals surface area contributed by atoms with Crippen LogP contribution < -0.4 is 0 Å². The third-order valence-electron chi connectivity index (χ3n) is 3.54. The van der Waals surface area contributed by atoms with Crippen LogP contribution in [0.1, 0.15) is 46.9 Å². The average molecular weight is 287 g/mol. The quantitative estimate of drug-likeness (QED) is 0.874. The van der Waals surface area contributed by atoms with Gasteiger partial charge in [-0.05, 0) is 42.7 Å². The Hall–Kier alpha value is -2.07. The van der Waals surface area contributed by atoms with Crippen molar-refractivity contribution in [3.05, 3.63) is 52.5 Å². The second-order valence-corrected chi connectivity index (χ2v) is 5.29. The number of benzene rings is 1. The van der Waals surface area contributed by atoms with E-state index >= 15 is 0 Å². The molecular weight excluding hydrogens is 269 g/mol. The first-order valence-electron chi connectivity index (χ1n) is 6.85. The van der Waals surface area contributed by atoms with Crippen LogP contribution in [-0.4, -0.2) is 16.4 Å². The minimum Gasteiger partial charge on any atom is -0.392 e. The zero-order valence-electron chi connectivity index (χ0n) is 12.4. The predicted molar refractivity (Wildman–Crippen MR) is 79.8 cm³/mol. The van der Waals surface area contributed by atoms with Crippen LogP contribution in [0.3, 0.4) is 0 Å². The number of rotatable bonds is 4. The molecule has 0 saturated carbocycles. The first-order chi connectivity index (χ1) is 9.99. The molecule has 0 bridgehead atoms. The number of aryl methyl sites for hydroxylation is 1. The van der Waals surface area contributed by atoms with Crippen molar-refractivity contribution < 1.29 is 14.3 Å². The molecule has 110 valence electrons. The number of hydrogen-bond acceptors (Lipinski definition) is 3. The van der Waals surface area contributed by atoms with Gasteiger partial charge in [-0.1, -0.05) is 13.8 Å². The largest absolute Gasteiger partial charge is 0.392 e. The predicted octanol–water partition coefficient (Wildman–Crippen LogP) is 3.62. The maximum atomic E-state index is 13.1. The van der Waals surface area contributed by atoms with Crippen LogP contribution in [0, 0.1) is 12.7 Å². The molecule has 1 N–H and O–H groups in total. The van der Waals surface area contributed by atoms with Gasteiger partial charge in [0.05, 0.1) is 12.3 Å². The highest BCUT2D eigenvalue weighted by Crippen LogP contribution is 2.32. The van der Waals surface area contributed by atoms with E-state index in [0.29, 0.717) is 22.5 Å². The zero-order chi connectivity index (χ0) is 15.6. The summed E-state index contributed by atoms with van der Waals surface area (Å²) in [7, 11) is 0. The van der Waals surface area contributed by atoms with Gasteiger partial charge in [0.15, 0.2) is 6.29 Å². The fraction of sp³-hybridized carbons (Fsp3) is 0.294. The van der Waals surface area contributed by atoms with E-state index in [1.807, 2.05) is 13.8 Å². The molecule has 3 nitrogen and oxygen atoms in total. The average Bonchev–Trinajstić information content (AvgIpc) is 2.46. The van der Waals surface area contributed by atoms with Gasteiger partial charge in [-0.15, -0.1) is 0 Å². The van der Waals surface area contributed by atoms with Crippen LogP contribution in [-0.2, 0) is 6.61 Å². The highest BCUT2D eigenvalue weighted by Gasteiger charge is 2.20. The van der Waals surface area contributed by atoms with Crippen LogP contribution in [0.25, 0.3) is 11.3 Å². The second kappa shape index (κ2) is 6.14. The van der Waals surface area contributed by atoms with Gasteiger partial charge in [0, 0.05) is 22.4 Å². The van der Waals surface area contributed by atoms with Crippen molar-refractivity contribution in [2.45, 2.75) is 33.3 Å². The van der Waals surface area contributed by atoms with Crippen LogP contribution in [0.2, 0.25) is 0 Å². The number of carbonyl (C=O) groups is 1. The van der Waals surface area contributed by atoms with Crippen molar-refractivity contribution >= 4 is 6.29 Å². The van der Waals surface area contributed by atoms with Gasteiger partial charge in [-0.3, -0.25) is 9.78 Å². The molecular formula is C17H18FNO2. The number of carbonyl (C=O) groups excluding carboxylic acids is 1. The molecule has 2 aromatic rings. The SMILES string of the molecule is Cc1nc(-c2ccc(F)cc2)c(CO)c(C(C)C)c1C=O. The molecule has 21 heavy (non-hydrogen) atoms. The summed E-state index contributed by atoms with van der Waals surface area (Å²) in [5.74, 6) is -0.247. The third kappa shape index (κ3) is 2.85. The van der Waals surface area contributed by atoms with E-state index < -0.39 is 0 Å². The second-order valence-electron chi connectivity index (χ2n) is 5.29. The lowest BCUT2D eigenvalue weighted by atomic mass is 9.89. The topological polar surface area (TPSA) is 50.2 Å². The van der Waals surface area contributed by atoms with Crippen molar-refractivity contribution in [2.24, 2.45) is 0 Å². The van der Waals surface area contributed by atoms with Gasteiger partial charge in [0.25, 0.3) is 0 Å². The van der Waals surface area contributed by atoms with E-state index in [0.717, 1.165) is 17.4 Å². The van der Waals surface area contributed by atoms with Crippen molar-refractivity contribution in [1.82, 2.24) is 4.98 Å². The number of hydrogen-bond donors (Lipinski definition) is 1. The molecule has 0 aliphatic carbocycles. The summed E-state index contributed by atoms with van der Waals surface area (Å²) in [6.45, 7) is 5.49. The number of nitrogens with zero attached hydrogens (tertiary/aromatic N) is 1. The van der Waals surface area contributed by atoms with Gasteiger partial charge in [0.2, 0.25) is 0 Å². The fourth-order valence-corrected chi connectivity index (χ4v) is 2.60. The molecule has 2 rings (SSSR count). The smallest absolute Gasteiger partial charge is 0.152 e. The monoisotopic (exact) mass is 287 g/mol. The van der Waals surface area contributed by atoms with E-state index in [9.17, 15) is 14.3 Å². The molecule has 1 aromatic heterocycles. The van der Waals surface area contributed by atoms with Crippen molar-refractivity contribution in [1.29, 1.82) is 0 Å². The minimum absolute atomic E-state index is 0.0771. The number of aliphatic hydroxyl groups excluding tert-OH is 1. The van der Waals surface area contributed by atoms with Gasteiger partial charge < -0.3 is 5.11 Å². The molecule has 0 atom stereocenters. The summed E-state index contributed by atoms with van der Waals surface area (Å²) in [4.78, 5) is 15.8. The summed E-state index contributed by atoms with van der Waals surface area (Å²) >= 11 is 0. The van der Waals surface area contributed by atoms with E-state index in [1.54, 1.807) is 19.1 Å². The maximum absolute atomic E-state index is 13.1. The lowest BCUT2D eigenvalue weighted by Gasteiger charge is -2.19. The third-order valence-corrected chi connectivity index (χ3v) is 3.54. The Morgan fingerprint density at radius 3 is 2.38 bits per heavy atom. The first kappa shape index (κ1) is 15.3. The number of aldehydes is 1. The standard InChI is InChI=1S/C17H18FNO2/c1-10(2)16-14(8-20)11(3)19-17(15(16)9-21)12-4-6-13(18)7-5-12/h4-8,10,21H,9H2,1-3H3. The lowest BCUT2D eigenvalue weighted by Crippen LogP contribution is -2.09. The number of pyridine rings is 1. The van der Waals surface area contributed by atoms with Crippen molar-refractivity contribution in [3.8, 4) is 11.3 Å². The van der Waals surface area contributed by atoms with Crippen molar-refractivity contribution in [3.63, 3.8) is 0 Å². The molecule has 0 aliphatic heterocycles. The first-order valence-corrected chi connectivity index (χ1v) is 6.85. The molecule has 0 unspecified atom stereocenters. The Morgan fingerprint density at radius 1 is 1.29 bits per heavy atom. The Labute approximate surface area is 123 Å². The minimum atomic E-state index is -0.324. The van der Waals surface area contributed by atoms with Crippen LogP contribution >= 0.6 is 0 Å². The number of aliphatic hydroxyl groups is 1. The molecule has 4 heteroatoms. The Kier molecular flexibility index (Phi) is 4.48. The van der Waals surface area contributed by atoms with E-state index in [4.69, 9.17) is 0 Å². The maximum Gasteiger partial charge on any atom is 0.152 e. The molecule has 1 heterocycles. The number of halogens is 1. The fourth-order valence-electron chi connectivity index (χ4n) is 2.60. The van der Waals surface area contributed by atoms with E-state index in [1.165, 1.54) is 12.1 Å². The molecule has 0 spiro atoms. The molecule has 0 aliphatic rings. The van der Waals surface area contributed by atoms with Gasteiger partial charge >= 0.3 is 0 Å². The lowest BCUT2D eigenvalue weighted by molar-refractivity contribution is 0.112. The Balaban J connectivity index is 2.77. The van der Waals surface area contributed by atoms with Crippen LogP contribution in [0.15, 0.2) is 24.3 Å². The highest BCUT2D eigenvalue weighted by molar-refractivity contribution is 5.82. The van der Waals surface area contributed by atoms with Gasteiger partial charge in [0.1, 0.15) is 5.82 Å². The van der Waals surface area contributed by atoms with Gasteiger partial charge in [-0.25, -0.2) is 4.39 Å². The van der Waals surface area contributed by atoms with E-state index in [2.05, 4.69) is 4.98 Å². The Bertz CT molecular complexity index is 663. The molecule has 1 aromatic carbocycles. The summed E-state index contributed by atoms with van der Waals surface area (Å²) in [5, 5.41) is 9.74. The normalized spacial score (nSPS) is 11.0. The number of aromatic nitrogens is 1. The molecule has 0 fully saturated rings. The summed E-state index contributed by atoms with van der Waals surface area (Å²) < 4.78 is 13.1. The van der Waals surface area contributed by atoms with E-state index in [-0.39, 0.29) is 18.3 Å². The molecule has 0 radical (unpaired) electrons. The zero-order valence-corrected chi connectivity index (χ0v) is 12.4. The summed E-state index contributed by atoms with van der Waals surface area (Å²) in [5.41, 5.74) is 3.90. The Morgan fingerprint density at radius 2 is 1.90 bits per heavy atom. The summed E-state index contributed by atoms with van der Waals surface area (Å²) in [6, 6.07) is 5.97. The van der Waals surface area contributed by atoms with Gasteiger partial charge in [-0.2, -0.15) is 0 Å². The van der Waals surface area contributed by atoms with Crippen LogP contribution in [0.5, 0.6) is 0 Å². The van der Waals surface area contributed by atoms with Crippen molar-refractivity contribution in [2.75, 3.05) is 0 Å². The van der Waals surface area contributed by atoms with Crippen LogP contribution in [0.4, 0.5) is 4.39 Å². The highest BCUT2D eigenvalue weighted by atomic mass is 19.1. The molecule has 0 saturated heterocycles.